The van der Waals surface area contributed by atoms with Crippen molar-refractivity contribution >= 4 is 31.9 Å². The lowest BCUT2D eigenvalue weighted by Gasteiger charge is -2.19. The van der Waals surface area contributed by atoms with Gasteiger partial charge >= 0.3 is 0 Å². The van der Waals surface area contributed by atoms with Crippen LogP contribution in [0.2, 0.25) is 0 Å². The van der Waals surface area contributed by atoms with Crippen LogP contribution in [-0.4, -0.2) is 6.54 Å². The van der Waals surface area contributed by atoms with Gasteiger partial charge in [0.2, 0.25) is 0 Å². The van der Waals surface area contributed by atoms with E-state index in [-0.39, 0.29) is 11.9 Å². The maximum absolute atomic E-state index is 13.8. The monoisotopic (exact) mass is 413 g/mol. The fraction of sp³-hybridized carbons (Fsp3) is 0.294. The third-order valence-corrected chi connectivity index (χ3v) is 4.51. The maximum Gasteiger partial charge on any atom is 0.137 e. The minimum Gasteiger partial charge on any atom is -0.310 e. The summed E-state index contributed by atoms with van der Waals surface area (Å²) in [5.41, 5.74) is 2.21. The third-order valence-electron chi connectivity index (χ3n) is 3.34. The van der Waals surface area contributed by atoms with Crippen LogP contribution in [0.25, 0.3) is 0 Å². The zero-order valence-corrected chi connectivity index (χ0v) is 15.0. The van der Waals surface area contributed by atoms with Gasteiger partial charge < -0.3 is 5.32 Å². The van der Waals surface area contributed by atoms with Crippen molar-refractivity contribution in [3.8, 4) is 0 Å². The molecule has 4 heteroatoms. The lowest BCUT2D eigenvalue weighted by Crippen LogP contribution is -2.24. The molecule has 1 nitrogen and oxygen atoms in total. The van der Waals surface area contributed by atoms with Crippen molar-refractivity contribution in [1.82, 2.24) is 5.32 Å². The molecule has 1 atom stereocenters. The summed E-state index contributed by atoms with van der Waals surface area (Å²) < 4.78 is 15.3. The van der Waals surface area contributed by atoms with Crippen molar-refractivity contribution in [3.05, 3.63) is 68.4 Å². The summed E-state index contributed by atoms with van der Waals surface area (Å²) >= 11 is 6.65. The van der Waals surface area contributed by atoms with Crippen LogP contribution in [0.15, 0.2) is 51.4 Å². The van der Waals surface area contributed by atoms with Gasteiger partial charge in [0.1, 0.15) is 5.82 Å². The lowest BCUT2D eigenvalue weighted by molar-refractivity contribution is 0.523. The highest BCUT2D eigenvalue weighted by atomic mass is 79.9. The molecule has 0 saturated heterocycles. The predicted molar refractivity (Wildman–Crippen MR) is 93.0 cm³/mol. The van der Waals surface area contributed by atoms with Crippen molar-refractivity contribution in [3.63, 3.8) is 0 Å². The second-order valence-corrected chi connectivity index (χ2v) is 6.78. The molecule has 0 aliphatic heterocycles. The first-order chi connectivity index (χ1) is 10.1. The molecular formula is C17H18Br2FN. The molecule has 1 N–H and O–H groups in total. The molecule has 0 aromatic heterocycles. The van der Waals surface area contributed by atoms with E-state index >= 15 is 0 Å². The first-order valence-corrected chi connectivity index (χ1v) is 8.61. The molecule has 0 aliphatic rings. The molecule has 2 aromatic rings. The molecule has 2 aromatic carbocycles. The van der Waals surface area contributed by atoms with E-state index in [1.807, 2.05) is 18.2 Å². The van der Waals surface area contributed by atoms with E-state index < -0.39 is 0 Å². The van der Waals surface area contributed by atoms with Gasteiger partial charge in [-0.2, -0.15) is 0 Å². The van der Waals surface area contributed by atoms with Gasteiger partial charge in [-0.15, -0.1) is 0 Å². The average molecular weight is 415 g/mol. The third kappa shape index (κ3) is 4.90. The van der Waals surface area contributed by atoms with Crippen molar-refractivity contribution in [2.24, 2.45) is 0 Å². The SMILES string of the molecule is CCCNC(Cc1ccc(Br)cc1)c1ccc(Br)c(F)c1. The number of rotatable bonds is 6. The first-order valence-electron chi connectivity index (χ1n) is 7.03. The largest absolute Gasteiger partial charge is 0.310 e. The number of benzene rings is 2. The van der Waals surface area contributed by atoms with Gasteiger partial charge in [-0.05, 0) is 70.7 Å². The van der Waals surface area contributed by atoms with E-state index in [1.165, 1.54) is 5.56 Å². The van der Waals surface area contributed by atoms with Crippen LogP contribution in [0.1, 0.15) is 30.5 Å². The first kappa shape index (κ1) is 16.7. The van der Waals surface area contributed by atoms with Gasteiger partial charge in [-0.3, -0.25) is 0 Å². The Morgan fingerprint density at radius 3 is 2.43 bits per heavy atom. The van der Waals surface area contributed by atoms with Gasteiger partial charge in [0.15, 0.2) is 0 Å². The second kappa shape index (κ2) is 8.06. The maximum atomic E-state index is 13.8. The van der Waals surface area contributed by atoms with E-state index in [0.717, 1.165) is 29.4 Å². The number of hydrogen-bond donors (Lipinski definition) is 1. The zero-order chi connectivity index (χ0) is 15.2. The normalized spacial score (nSPS) is 12.4. The van der Waals surface area contributed by atoms with Crippen LogP contribution in [0.3, 0.4) is 0 Å². The lowest BCUT2D eigenvalue weighted by atomic mass is 9.98. The van der Waals surface area contributed by atoms with E-state index in [9.17, 15) is 4.39 Å². The summed E-state index contributed by atoms with van der Waals surface area (Å²) in [6.45, 7) is 3.05. The van der Waals surface area contributed by atoms with E-state index in [4.69, 9.17) is 0 Å². The molecule has 0 aliphatic carbocycles. The van der Waals surface area contributed by atoms with Crippen LogP contribution in [0.4, 0.5) is 4.39 Å². The molecule has 2 rings (SSSR count). The topological polar surface area (TPSA) is 12.0 Å². The van der Waals surface area contributed by atoms with Gasteiger partial charge in [-0.1, -0.05) is 41.1 Å². The standard InChI is InChI=1S/C17H18Br2FN/c1-2-9-21-17(10-12-3-6-14(18)7-4-12)13-5-8-15(19)16(20)11-13/h3-8,11,17,21H,2,9-10H2,1H3. The molecule has 0 bridgehead atoms. The highest BCUT2D eigenvalue weighted by Gasteiger charge is 2.13. The summed E-state index contributed by atoms with van der Waals surface area (Å²) in [6.07, 6.45) is 1.89. The molecule has 0 fully saturated rings. The molecule has 0 saturated carbocycles. The Labute approximate surface area is 142 Å². The van der Waals surface area contributed by atoms with Crippen molar-refractivity contribution in [2.75, 3.05) is 6.54 Å². The quantitative estimate of drug-likeness (QED) is 0.645. The van der Waals surface area contributed by atoms with Crippen LogP contribution >= 0.6 is 31.9 Å². The fourth-order valence-corrected chi connectivity index (χ4v) is 2.72. The Morgan fingerprint density at radius 2 is 1.81 bits per heavy atom. The van der Waals surface area contributed by atoms with Crippen LogP contribution in [0, 0.1) is 5.82 Å². The Kier molecular flexibility index (Phi) is 6.40. The minimum atomic E-state index is -0.216. The van der Waals surface area contributed by atoms with E-state index in [2.05, 4.69) is 56.2 Å². The average Bonchev–Trinajstić information content (AvgIpc) is 2.48. The van der Waals surface area contributed by atoms with Crippen LogP contribution < -0.4 is 5.32 Å². The Hall–Kier alpha value is -0.710. The molecule has 1 unspecified atom stereocenters. The van der Waals surface area contributed by atoms with Gasteiger partial charge in [0, 0.05) is 10.5 Å². The summed E-state index contributed by atoms with van der Waals surface area (Å²) in [5, 5.41) is 3.50. The smallest absolute Gasteiger partial charge is 0.137 e. The van der Waals surface area contributed by atoms with Crippen LogP contribution in [0.5, 0.6) is 0 Å². The Balaban J connectivity index is 2.20. The molecule has 0 heterocycles. The second-order valence-electron chi connectivity index (χ2n) is 5.01. The minimum absolute atomic E-state index is 0.119. The molecule has 0 amide bonds. The number of hydrogen-bond acceptors (Lipinski definition) is 1. The fourth-order valence-electron chi connectivity index (χ4n) is 2.21. The highest BCUT2D eigenvalue weighted by Crippen LogP contribution is 2.24. The summed E-state index contributed by atoms with van der Waals surface area (Å²) in [6, 6.07) is 13.7. The summed E-state index contributed by atoms with van der Waals surface area (Å²) in [7, 11) is 0. The van der Waals surface area contributed by atoms with Crippen molar-refractivity contribution in [1.29, 1.82) is 0 Å². The van der Waals surface area contributed by atoms with Crippen molar-refractivity contribution in [2.45, 2.75) is 25.8 Å². The number of halogens is 3. The van der Waals surface area contributed by atoms with Gasteiger partial charge in [-0.25, -0.2) is 4.39 Å². The zero-order valence-electron chi connectivity index (χ0n) is 11.9. The molecular weight excluding hydrogens is 397 g/mol. The van der Waals surface area contributed by atoms with E-state index in [0.29, 0.717) is 4.47 Å². The van der Waals surface area contributed by atoms with Crippen LogP contribution in [-0.2, 0) is 6.42 Å². The van der Waals surface area contributed by atoms with Gasteiger partial charge in [0.05, 0.1) is 4.47 Å². The highest BCUT2D eigenvalue weighted by molar-refractivity contribution is 9.10. The summed E-state index contributed by atoms with van der Waals surface area (Å²) in [4.78, 5) is 0. The molecule has 21 heavy (non-hydrogen) atoms. The number of nitrogens with one attached hydrogen (secondary N) is 1. The van der Waals surface area contributed by atoms with Gasteiger partial charge in [0.25, 0.3) is 0 Å². The predicted octanol–water partition coefficient (Wildman–Crippen LogP) is 5.63. The van der Waals surface area contributed by atoms with E-state index in [1.54, 1.807) is 12.1 Å². The molecule has 112 valence electrons. The van der Waals surface area contributed by atoms with Crippen molar-refractivity contribution < 1.29 is 4.39 Å². The molecule has 0 spiro atoms. The Morgan fingerprint density at radius 1 is 1.10 bits per heavy atom. The Bertz CT molecular complexity index is 584. The molecule has 0 radical (unpaired) electrons. The summed E-state index contributed by atoms with van der Waals surface area (Å²) in [5.74, 6) is -0.216.